The van der Waals surface area contributed by atoms with Gasteiger partial charge in [0.2, 0.25) is 11.8 Å². The molecule has 1 atom stereocenters. The smallest absolute Gasteiger partial charge is 0.224 e. The van der Waals surface area contributed by atoms with Crippen molar-refractivity contribution in [1.29, 1.82) is 0 Å². The predicted molar refractivity (Wildman–Crippen MR) is 99.8 cm³/mol. The highest BCUT2D eigenvalue weighted by molar-refractivity contribution is 5.80. The lowest BCUT2D eigenvalue weighted by molar-refractivity contribution is -0.133. The van der Waals surface area contributed by atoms with E-state index in [4.69, 9.17) is 0 Å². The van der Waals surface area contributed by atoms with Crippen LogP contribution in [0.15, 0.2) is 12.4 Å². The Labute approximate surface area is 156 Å². The van der Waals surface area contributed by atoms with Gasteiger partial charge in [-0.1, -0.05) is 0 Å². The molecule has 1 aromatic heterocycles. The predicted octanol–water partition coefficient (Wildman–Crippen LogP) is 1.16. The van der Waals surface area contributed by atoms with Gasteiger partial charge in [0.25, 0.3) is 0 Å². The molecule has 0 saturated carbocycles. The van der Waals surface area contributed by atoms with Crippen LogP contribution in [0.3, 0.4) is 0 Å². The molecule has 0 unspecified atom stereocenters. The van der Waals surface area contributed by atoms with Crippen molar-refractivity contribution in [2.45, 2.75) is 44.6 Å². The highest BCUT2D eigenvalue weighted by Gasteiger charge is 2.28. The second-order valence-corrected chi connectivity index (χ2v) is 7.70. The summed E-state index contributed by atoms with van der Waals surface area (Å²) < 4.78 is 2.22. The molecule has 0 spiro atoms. The van der Waals surface area contributed by atoms with Gasteiger partial charge in [0.15, 0.2) is 0 Å². The van der Waals surface area contributed by atoms with Crippen molar-refractivity contribution in [1.82, 2.24) is 24.3 Å². The molecule has 0 N–H and O–H groups in total. The van der Waals surface area contributed by atoms with E-state index in [1.807, 2.05) is 22.2 Å². The molecule has 0 aliphatic carbocycles. The minimum absolute atomic E-state index is 0.167. The number of aromatic nitrogens is 2. The van der Waals surface area contributed by atoms with E-state index in [0.717, 1.165) is 57.8 Å². The molecule has 1 aromatic rings. The first-order chi connectivity index (χ1) is 12.5. The van der Waals surface area contributed by atoms with Crippen LogP contribution < -0.4 is 0 Å². The van der Waals surface area contributed by atoms with Gasteiger partial charge in [0.05, 0.1) is 0 Å². The summed E-state index contributed by atoms with van der Waals surface area (Å²) in [7, 11) is 4.14. The van der Waals surface area contributed by atoms with Crippen LogP contribution in [0.25, 0.3) is 0 Å². The van der Waals surface area contributed by atoms with Crippen LogP contribution in [0.5, 0.6) is 0 Å². The van der Waals surface area contributed by atoms with Gasteiger partial charge in [-0.15, -0.1) is 0 Å². The Kier molecular flexibility index (Phi) is 6.29. The SMILES string of the molecule is CN(C)CCn1ccnc1[C@H]1CCCN(C(=O)CCN2CCCC2=O)C1. The first-order valence-corrected chi connectivity index (χ1v) is 9.76. The van der Waals surface area contributed by atoms with Crippen molar-refractivity contribution in [3.63, 3.8) is 0 Å². The highest BCUT2D eigenvalue weighted by atomic mass is 16.2. The van der Waals surface area contributed by atoms with Crippen molar-refractivity contribution in [3.8, 4) is 0 Å². The van der Waals surface area contributed by atoms with E-state index in [2.05, 4.69) is 28.5 Å². The van der Waals surface area contributed by atoms with Crippen LogP contribution >= 0.6 is 0 Å². The lowest BCUT2D eigenvalue weighted by atomic mass is 9.96. The fourth-order valence-electron chi connectivity index (χ4n) is 3.92. The van der Waals surface area contributed by atoms with Gasteiger partial charge < -0.3 is 19.3 Å². The fourth-order valence-corrected chi connectivity index (χ4v) is 3.92. The maximum atomic E-state index is 12.6. The molecule has 2 aliphatic rings. The molecule has 2 saturated heterocycles. The van der Waals surface area contributed by atoms with Crippen molar-refractivity contribution >= 4 is 11.8 Å². The number of amides is 2. The van der Waals surface area contributed by atoms with E-state index in [1.54, 1.807) is 0 Å². The molecule has 2 amide bonds. The van der Waals surface area contributed by atoms with Gasteiger partial charge in [-0.25, -0.2) is 4.98 Å². The van der Waals surface area contributed by atoms with E-state index in [9.17, 15) is 9.59 Å². The Morgan fingerprint density at radius 1 is 1.27 bits per heavy atom. The standard InChI is InChI=1S/C19H31N5O2/c1-21(2)13-14-23-12-8-20-19(23)16-5-3-10-24(15-16)18(26)7-11-22-9-4-6-17(22)25/h8,12,16H,3-7,9-11,13-15H2,1-2H3/t16-/m0/s1. The van der Waals surface area contributed by atoms with Crippen molar-refractivity contribution in [3.05, 3.63) is 18.2 Å². The number of likely N-dealkylation sites (tertiary alicyclic amines) is 2. The molecule has 0 bridgehead atoms. The third kappa shape index (κ3) is 4.63. The second kappa shape index (κ2) is 8.66. The van der Waals surface area contributed by atoms with Crippen molar-refractivity contribution in [2.75, 3.05) is 46.8 Å². The lowest BCUT2D eigenvalue weighted by Crippen LogP contribution is -2.41. The van der Waals surface area contributed by atoms with Crippen molar-refractivity contribution < 1.29 is 9.59 Å². The van der Waals surface area contributed by atoms with Gasteiger partial charge in [-0.2, -0.15) is 0 Å². The van der Waals surface area contributed by atoms with E-state index in [0.29, 0.717) is 25.3 Å². The number of hydrogen-bond donors (Lipinski definition) is 0. The Hall–Kier alpha value is -1.89. The number of likely N-dealkylation sites (N-methyl/N-ethyl adjacent to an activating group) is 1. The summed E-state index contributed by atoms with van der Waals surface area (Å²) >= 11 is 0. The quantitative estimate of drug-likeness (QED) is 0.731. The number of imidazole rings is 1. The van der Waals surface area contributed by atoms with Crippen LogP contribution in [-0.2, 0) is 16.1 Å². The number of piperidine rings is 1. The molecule has 7 nitrogen and oxygen atoms in total. The van der Waals surface area contributed by atoms with Crippen LogP contribution in [-0.4, -0.2) is 82.9 Å². The largest absolute Gasteiger partial charge is 0.342 e. The summed E-state index contributed by atoms with van der Waals surface area (Å²) in [6, 6.07) is 0. The first kappa shape index (κ1) is 18.9. The lowest BCUT2D eigenvalue weighted by Gasteiger charge is -2.33. The maximum Gasteiger partial charge on any atom is 0.224 e. The van der Waals surface area contributed by atoms with Crippen LogP contribution in [0.2, 0.25) is 0 Å². The van der Waals surface area contributed by atoms with Gasteiger partial charge in [-0.3, -0.25) is 9.59 Å². The van der Waals surface area contributed by atoms with E-state index < -0.39 is 0 Å². The molecule has 3 rings (SSSR count). The van der Waals surface area contributed by atoms with Gasteiger partial charge >= 0.3 is 0 Å². The molecule has 26 heavy (non-hydrogen) atoms. The molecular weight excluding hydrogens is 330 g/mol. The molecule has 2 fully saturated rings. The summed E-state index contributed by atoms with van der Waals surface area (Å²) in [6.45, 7) is 4.83. The van der Waals surface area contributed by atoms with E-state index >= 15 is 0 Å². The van der Waals surface area contributed by atoms with Crippen LogP contribution in [0.1, 0.15) is 43.8 Å². The molecule has 3 heterocycles. The first-order valence-electron chi connectivity index (χ1n) is 9.76. The Bertz CT molecular complexity index is 627. The van der Waals surface area contributed by atoms with E-state index in [1.165, 1.54) is 0 Å². The van der Waals surface area contributed by atoms with Crippen LogP contribution in [0.4, 0.5) is 0 Å². The monoisotopic (exact) mass is 361 g/mol. The highest BCUT2D eigenvalue weighted by Crippen LogP contribution is 2.26. The number of carbonyl (C=O) groups excluding carboxylic acids is 2. The normalized spacial score (nSPS) is 21.0. The average molecular weight is 361 g/mol. The molecule has 144 valence electrons. The third-order valence-electron chi connectivity index (χ3n) is 5.44. The topological polar surface area (TPSA) is 61.7 Å². The zero-order valence-corrected chi connectivity index (χ0v) is 16.1. The number of carbonyl (C=O) groups is 2. The second-order valence-electron chi connectivity index (χ2n) is 7.70. The minimum atomic E-state index is 0.167. The Morgan fingerprint density at radius 2 is 2.12 bits per heavy atom. The van der Waals surface area contributed by atoms with Gasteiger partial charge in [0.1, 0.15) is 5.82 Å². The summed E-state index contributed by atoms with van der Waals surface area (Å²) in [5.41, 5.74) is 0. The summed E-state index contributed by atoms with van der Waals surface area (Å²) in [6.07, 6.45) is 7.99. The Morgan fingerprint density at radius 3 is 2.85 bits per heavy atom. The molecular formula is C19H31N5O2. The molecule has 0 aromatic carbocycles. The van der Waals surface area contributed by atoms with Crippen molar-refractivity contribution in [2.24, 2.45) is 0 Å². The van der Waals surface area contributed by atoms with Gasteiger partial charge in [0, 0.05) is 70.4 Å². The average Bonchev–Trinajstić information content (AvgIpc) is 3.26. The summed E-state index contributed by atoms with van der Waals surface area (Å²) in [5, 5.41) is 0. The summed E-state index contributed by atoms with van der Waals surface area (Å²) in [4.78, 5) is 34.9. The van der Waals surface area contributed by atoms with E-state index in [-0.39, 0.29) is 11.8 Å². The number of nitrogens with zero attached hydrogens (tertiary/aromatic N) is 5. The Balaban J connectivity index is 1.54. The zero-order valence-electron chi connectivity index (χ0n) is 16.1. The molecule has 2 aliphatic heterocycles. The van der Waals surface area contributed by atoms with Crippen LogP contribution in [0, 0.1) is 0 Å². The zero-order chi connectivity index (χ0) is 18.5. The minimum Gasteiger partial charge on any atom is -0.342 e. The third-order valence-corrected chi connectivity index (χ3v) is 5.44. The summed E-state index contributed by atoms with van der Waals surface area (Å²) in [5.74, 6) is 1.76. The molecule has 7 heteroatoms. The number of rotatable bonds is 7. The van der Waals surface area contributed by atoms with Gasteiger partial charge in [-0.05, 0) is 33.4 Å². The number of hydrogen-bond acceptors (Lipinski definition) is 4. The fraction of sp³-hybridized carbons (Fsp3) is 0.737. The maximum absolute atomic E-state index is 12.6. The molecule has 0 radical (unpaired) electrons.